The number of amides is 4. The number of hydrogen-bond acceptors (Lipinski definition) is 7. The van der Waals surface area contributed by atoms with Gasteiger partial charge in [-0.05, 0) is 49.3 Å². The fourth-order valence-electron chi connectivity index (χ4n) is 7.08. The highest BCUT2D eigenvalue weighted by molar-refractivity contribution is 6.08. The van der Waals surface area contributed by atoms with E-state index in [0.29, 0.717) is 44.3 Å². The van der Waals surface area contributed by atoms with Crippen LogP contribution in [0.5, 0.6) is 17.2 Å². The van der Waals surface area contributed by atoms with Crippen molar-refractivity contribution in [3.63, 3.8) is 0 Å². The van der Waals surface area contributed by atoms with Crippen molar-refractivity contribution in [2.24, 2.45) is 29.6 Å². The normalized spacial score (nSPS) is 30.8. The number of ether oxygens (including phenoxy) is 2. The number of fused-ring (bicyclic) bond motifs is 4. The van der Waals surface area contributed by atoms with Gasteiger partial charge in [-0.1, -0.05) is 25.5 Å². The van der Waals surface area contributed by atoms with Crippen molar-refractivity contribution in [1.29, 1.82) is 0 Å². The summed E-state index contributed by atoms with van der Waals surface area (Å²) in [6.07, 6.45) is 4.13. The number of allylic oxidation sites excluding steroid dienone is 2. The van der Waals surface area contributed by atoms with Crippen LogP contribution in [0.2, 0.25) is 0 Å². The molecule has 1 aromatic rings. The molecule has 0 aromatic heterocycles. The van der Waals surface area contributed by atoms with Gasteiger partial charge in [-0.3, -0.25) is 29.0 Å². The van der Waals surface area contributed by atoms with Crippen LogP contribution >= 0.6 is 0 Å². The Balaban J connectivity index is 1.66. The second-order valence-electron chi connectivity index (χ2n) is 10.5. The lowest BCUT2D eigenvalue weighted by Crippen LogP contribution is -2.43. The highest BCUT2D eigenvalue weighted by Gasteiger charge is 2.61. The summed E-state index contributed by atoms with van der Waals surface area (Å²) in [7, 11) is 2.88. The Kier molecular flexibility index (Phi) is 6.50. The molecule has 2 aliphatic carbocycles. The van der Waals surface area contributed by atoms with Gasteiger partial charge in [-0.25, -0.2) is 0 Å². The van der Waals surface area contributed by atoms with E-state index in [9.17, 15) is 24.3 Å². The molecule has 2 aliphatic heterocycles. The first kappa shape index (κ1) is 25.3. The highest BCUT2D eigenvalue weighted by Crippen LogP contribution is 2.58. The molecule has 0 unspecified atom stereocenters. The van der Waals surface area contributed by atoms with Gasteiger partial charge < -0.3 is 14.6 Å². The van der Waals surface area contributed by atoms with Gasteiger partial charge >= 0.3 is 0 Å². The predicted molar refractivity (Wildman–Crippen MR) is 133 cm³/mol. The average Bonchev–Trinajstić information content (AvgIpc) is 3.28. The summed E-state index contributed by atoms with van der Waals surface area (Å²) in [4.78, 5) is 56.6. The number of methoxy groups -OCH3 is 2. The maximum Gasteiger partial charge on any atom is 0.234 e. The van der Waals surface area contributed by atoms with E-state index < -0.39 is 29.6 Å². The summed E-state index contributed by atoms with van der Waals surface area (Å²) in [5.41, 5.74) is 1.59. The van der Waals surface area contributed by atoms with Crippen LogP contribution in [0.4, 0.5) is 0 Å². The number of benzene rings is 1. The lowest BCUT2D eigenvalue weighted by molar-refractivity contribution is -0.142. The Morgan fingerprint density at radius 3 is 1.89 bits per heavy atom. The lowest BCUT2D eigenvalue weighted by Gasteiger charge is -2.44. The van der Waals surface area contributed by atoms with Crippen LogP contribution in [0.3, 0.4) is 0 Å². The quantitative estimate of drug-likeness (QED) is 0.443. The van der Waals surface area contributed by atoms with E-state index in [1.165, 1.54) is 24.0 Å². The average molecular weight is 511 g/mol. The van der Waals surface area contributed by atoms with Crippen LogP contribution in [-0.4, -0.2) is 65.8 Å². The molecule has 4 aliphatic rings. The van der Waals surface area contributed by atoms with Crippen LogP contribution in [-0.2, 0) is 19.2 Å². The number of phenolic OH excluding ortho intramolecular Hbond substituents is 1. The molecule has 0 radical (unpaired) electrons. The molecule has 2 saturated heterocycles. The number of carbonyl (C=O) groups is 4. The summed E-state index contributed by atoms with van der Waals surface area (Å²) in [6, 6.07) is 3.36. The van der Waals surface area contributed by atoms with Crippen molar-refractivity contribution in [1.82, 2.24) is 9.80 Å². The van der Waals surface area contributed by atoms with Crippen LogP contribution < -0.4 is 9.47 Å². The van der Waals surface area contributed by atoms with E-state index in [4.69, 9.17) is 9.47 Å². The first-order valence-corrected chi connectivity index (χ1v) is 13.1. The third-order valence-electron chi connectivity index (χ3n) is 8.59. The van der Waals surface area contributed by atoms with Crippen molar-refractivity contribution in [3.05, 3.63) is 29.3 Å². The van der Waals surface area contributed by atoms with E-state index >= 15 is 0 Å². The molecule has 9 heteroatoms. The molecule has 1 N–H and O–H groups in total. The van der Waals surface area contributed by atoms with Gasteiger partial charge in [0, 0.05) is 19.0 Å². The van der Waals surface area contributed by atoms with Crippen molar-refractivity contribution in [3.8, 4) is 17.2 Å². The maximum absolute atomic E-state index is 13.7. The molecular weight excluding hydrogens is 476 g/mol. The predicted octanol–water partition coefficient (Wildman–Crippen LogP) is 2.87. The molecule has 9 nitrogen and oxygen atoms in total. The number of phenols is 1. The number of imide groups is 2. The van der Waals surface area contributed by atoms with E-state index in [1.54, 1.807) is 12.1 Å². The molecule has 1 aromatic carbocycles. The minimum Gasteiger partial charge on any atom is -0.502 e. The van der Waals surface area contributed by atoms with Gasteiger partial charge in [0.05, 0.1) is 37.9 Å². The van der Waals surface area contributed by atoms with E-state index in [0.717, 1.165) is 5.57 Å². The van der Waals surface area contributed by atoms with Gasteiger partial charge in [0.1, 0.15) is 0 Å². The van der Waals surface area contributed by atoms with Crippen LogP contribution in [0.15, 0.2) is 23.8 Å². The lowest BCUT2D eigenvalue weighted by atomic mass is 9.57. The summed E-state index contributed by atoms with van der Waals surface area (Å²) in [6.45, 7) is 4.59. The third-order valence-corrected chi connectivity index (χ3v) is 8.59. The molecule has 4 amide bonds. The second-order valence-corrected chi connectivity index (χ2v) is 10.5. The van der Waals surface area contributed by atoms with Gasteiger partial charge in [0.2, 0.25) is 29.4 Å². The summed E-state index contributed by atoms with van der Waals surface area (Å²) in [5, 5.41) is 10.5. The SMILES string of the molecule is CCCN1C(=O)[C@H]2[C@H](CC=C3[C@H]2C[C@H]2C(=O)N(CCC)C(=O)[C@H]2[C@H]3c2cc(OC)c(O)c(OC)c2)C1=O. The number of likely N-dealkylation sites (tertiary alicyclic amines) is 2. The van der Waals surface area contributed by atoms with E-state index in [2.05, 4.69) is 0 Å². The molecule has 5 rings (SSSR count). The van der Waals surface area contributed by atoms with Crippen LogP contribution in [0.25, 0.3) is 0 Å². The van der Waals surface area contributed by atoms with Gasteiger partial charge in [0.25, 0.3) is 0 Å². The van der Waals surface area contributed by atoms with Crippen molar-refractivity contribution in [2.45, 2.75) is 45.4 Å². The minimum atomic E-state index is -0.629. The molecule has 198 valence electrons. The fraction of sp³-hybridized carbons (Fsp3) is 0.571. The topological polar surface area (TPSA) is 113 Å². The highest BCUT2D eigenvalue weighted by atomic mass is 16.5. The minimum absolute atomic E-state index is 0.139. The zero-order valence-electron chi connectivity index (χ0n) is 21.7. The number of aromatic hydroxyl groups is 1. The Morgan fingerprint density at radius 2 is 1.35 bits per heavy atom. The Morgan fingerprint density at radius 1 is 0.811 bits per heavy atom. The molecular formula is C28H34N2O7. The Hall–Kier alpha value is -3.36. The molecule has 6 atom stereocenters. The van der Waals surface area contributed by atoms with E-state index in [1.807, 2.05) is 19.9 Å². The zero-order chi connectivity index (χ0) is 26.6. The van der Waals surface area contributed by atoms with Crippen LogP contribution in [0.1, 0.15) is 51.0 Å². The molecule has 1 saturated carbocycles. The Labute approximate surface area is 216 Å². The Bertz CT molecular complexity index is 1170. The second kappa shape index (κ2) is 9.50. The van der Waals surface area contributed by atoms with Crippen LogP contribution in [0, 0.1) is 29.6 Å². The van der Waals surface area contributed by atoms with Gasteiger partial charge in [0.15, 0.2) is 11.5 Å². The summed E-state index contributed by atoms with van der Waals surface area (Å²) in [5.74, 6) is -3.50. The first-order valence-electron chi connectivity index (χ1n) is 13.1. The van der Waals surface area contributed by atoms with Gasteiger partial charge in [-0.2, -0.15) is 0 Å². The molecule has 0 bridgehead atoms. The van der Waals surface area contributed by atoms with Crippen molar-refractivity contribution >= 4 is 23.6 Å². The monoisotopic (exact) mass is 510 g/mol. The summed E-state index contributed by atoms with van der Waals surface area (Å²) < 4.78 is 10.8. The molecule has 0 spiro atoms. The molecule has 2 heterocycles. The number of hydrogen-bond donors (Lipinski definition) is 1. The number of rotatable bonds is 7. The standard InChI is InChI=1S/C28H34N2O7/c1-5-9-29-25(32)16-8-7-15-17(22(16)27(29)34)13-18-23(28(35)30(10-6-2)26(18)33)21(15)14-11-19(36-3)24(31)20(12-14)37-4/h7,11-12,16-18,21-23,31H,5-6,8-10,13H2,1-4H3/t16-,17+,18+,21-,22-,23+/m0/s1. The van der Waals surface area contributed by atoms with E-state index in [-0.39, 0.29) is 46.8 Å². The third kappa shape index (κ3) is 3.65. The largest absolute Gasteiger partial charge is 0.502 e. The van der Waals surface area contributed by atoms with Gasteiger partial charge in [-0.15, -0.1) is 0 Å². The zero-order valence-corrected chi connectivity index (χ0v) is 21.7. The van der Waals surface area contributed by atoms with Crippen molar-refractivity contribution in [2.75, 3.05) is 27.3 Å². The summed E-state index contributed by atoms with van der Waals surface area (Å²) >= 11 is 0. The number of nitrogens with zero attached hydrogens (tertiary/aromatic N) is 2. The number of carbonyl (C=O) groups excluding carboxylic acids is 4. The smallest absolute Gasteiger partial charge is 0.234 e. The molecule has 37 heavy (non-hydrogen) atoms. The maximum atomic E-state index is 13.7. The molecule has 3 fully saturated rings. The first-order chi connectivity index (χ1) is 17.8. The van der Waals surface area contributed by atoms with Crippen molar-refractivity contribution < 1.29 is 33.8 Å². The fourth-order valence-corrected chi connectivity index (χ4v) is 7.08.